The summed E-state index contributed by atoms with van der Waals surface area (Å²) in [6.45, 7) is 4.80. The molecular formula is C25H28N4O4. The molecule has 1 unspecified atom stereocenters. The Morgan fingerprint density at radius 3 is 2.58 bits per heavy atom. The summed E-state index contributed by atoms with van der Waals surface area (Å²) in [4.78, 5) is 34.3. The van der Waals surface area contributed by atoms with Crippen molar-refractivity contribution in [1.82, 2.24) is 19.2 Å². The Labute approximate surface area is 192 Å². The van der Waals surface area contributed by atoms with Crippen LogP contribution in [-0.2, 0) is 9.59 Å². The number of phenols is 1. The number of ketones is 1. The van der Waals surface area contributed by atoms with Crippen molar-refractivity contribution in [3.05, 3.63) is 70.7 Å². The summed E-state index contributed by atoms with van der Waals surface area (Å²) in [7, 11) is 3.88. The molecule has 0 bridgehead atoms. The summed E-state index contributed by atoms with van der Waals surface area (Å²) >= 11 is 0. The van der Waals surface area contributed by atoms with E-state index in [2.05, 4.69) is 4.98 Å². The first-order valence-corrected chi connectivity index (χ1v) is 10.9. The van der Waals surface area contributed by atoms with Gasteiger partial charge in [0.2, 0.25) is 0 Å². The van der Waals surface area contributed by atoms with E-state index in [9.17, 15) is 19.8 Å². The van der Waals surface area contributed by atoms with Crippen LogP contribution < -0.4 is 0 Å². The highest BCUT2D eigenvalue weighted by atomic mass is 16.3. The van der Waals surface area contributed by atoms with Gasteiger partial charge in [-0.05, 0) is 70.2 Å². The minimum Gasteiger partial charge on any atom is -0.508 e. The number of fused-ring (bicyclic) bond motifs is 1. The fraction of sp³-hybridized carbons (Fsp3) is 0.320. The van der Waals surface area contributed by atoms with E-state index in [0.29, 0.717) is 29.9 Å². The number of amides is 1. The van der Waals surface area contributed by atoms with E-state index < -0.39 is 17.7 Å². The van der Waals surface area contributed by atoms with Gasteiger partial charge in [0, 0.05) is 12.7 Å². The molecule has 1 aromatic carbocycles. The van der Waals surface area contributed by atoms with Gasteiger partial charge in [-0.2, -0.15) is 0 Å². The Bertz CT molecular complexity index is 1270. The van der Waals surface area contributed by atoms with Gasteiger partial charge in [0.1, 0.15) is 17.1 Å². The van der Waals surface area contributed by atoms with Crippen molar-refractivity contribution in [2.75, 3.05) is 27.2 Å². The molecule has 3 heterocycles. The number of hydrogen-bond donors (Lipinski definition) is 2. The molecule has 1 fully saturated rings. The molecule has 1 atom stereocenters. The number of aromatic hydroxyl groups is 1. The van der Waals surface area contributed by atoms with Crippen molar-refractivity contribution in [3.63, 3.8) is 0 Å². The molecule has 3 aromatic rings. The van der Waals surface area contributed by atoms with Crippen molar-refractivity contribution >= 4 is 23.1 Å². The quantitative estimate of drug-likeness (QED) is 0.342. The van der Waals surface area contributed by atoms with Gasteiger partial charge in [0.05, 0.1) is 17.3 Å². The van der Waals surface area contributed by atoms with Crippen LogP contribution in [0.5, 0.6) is 5.75 Å². The zero-order chi connectivity index (χ0) is 23.9. The number of aliphatic hydroxyl groups is 1. The molecule has 0 radical (unpaired) electrons. The first-order valence-electron chi connectivity index (χ1n) is 10.9. The summed E-state index contributed by atoms with van der Waals surface area (Å²) in [5, 5.41) is 21.4. The van der Waals surface area contributed by atoms with E-state index in [0.717, 1.165) is 12.1 Å². The molecule has 4 rings (SSSR count). The van der Waals surface area contributed by atoms with Crippen LogP contribution in [0.25, 0.3) is 11.4 Å². The largest absolute Gasteiger partial charge is 0.508 e. The molecule has 0 aliphatic carbocycles. The number of carbonyl (C=O) groups excluding carboxylic acids is 2. The molecule has 1 saturated heterocycles. The molecule has 2 aromatic heterocycles. The number of aliphatic hydroxyl groups excluding tert-OH is 1. The summed E-state index contributed by atoms with van der Waals surface area (Å²) in [5.74, 6) is -1.71. The third-order valence-electron chi connectivity index (χ3n) is 6.04. The Hall–Kier alpha value is -3.65. The molecule has 2 N–H and O–H groups in total. The van der Waals surface area contributed by atoms with E-state index >= 15 is 0 Å². The van der Waals surface area contributed by atoms with Gasteiger partial charge in [-0.25, -0.2) is 4.98 Å². The van der Waals surface area contributed by atoms with Crippen LogP contribution in [0.2, 0.25) is 0 Å². The minimum absolute atomic E-state index is 0.0142. The number of aromatic nitrogens is 2. The lowest BCUT2D eigenvalue weighted by Gasteiger charge is -2.26. The number of hydrogen-bond acceptors (Lipinski definition) is 6. The Morgan fingerprint density at radius 2 is 1.91 bits per heavy atom. The van der Waals surface area contributed by atoms with Crippen molar-refractivity contribution < 1.29 is 19.8 Å². The SMILES string of the molecule is Cc1cccn2c(C)c(C(O)=C3C(=O)C(=O)N(CCCN(C)C)C3c3cccc(O)c3)nc12. The highest BCUT2D eigenvalue weighted by molar-refractivity contribution is 6.46. The van der Waals surface area contributed by atoms with Crippen molar-refractivity contribution in [2.45, 2.75) is 26.3 Å². The fourth-order valence-electron chi connectivity index (χ4n) is 4.38. The van der Waals surface area contributed by atoms with Gasteiger partial charge in [-0.15, -0.1) is 0 Å². The normalized spacial score (nSPS) is 18.1. The van der Waals surface area contributed by atoms with Crippen LogP contribution in [0.1, 0.15) is 35.0 Å². The van der Waals surface area contributed by atoms with Crippen LogP contribution in [0.4, 0.5) is 0 Å². The molecule has 8 nitrogen and oxygen atoms in total. The molecule has 172 valence electrons. The van der Waals surface area contributed by atoms with Gasteiger partial charge >= 0.3 is 0 Å². The molecule has 8 heteroatoms. The van der Waals surface area contributed by atoms with Gasteiger partial charge < -0.3 is 24.4 Å². The summed E-state index contributed by atoms with van der Waals surface area (Å²) < 4.78 is 1.85. The molecule has 0 spiro atoms. The van der Waals surface area contributed by atoms with Crippen LogP contribution in [-0.4, -0.2) is 68.3 Å². The zero-order valence-corrected chi connectivity index (χ0v) is 19.2. The van der Waals surface area contributed by atoms with Crippen molar-refractivity contribution in [2.24, 2.45) is 0 Å². The van der Waals surface area contributed by atoms with Crippen molar-refractivity contribution in [3.8, 4) is 5.75 Å². The second kappa shape index (κ2) is 8.71. The first kappa shape index (κ1) is 22.5. The van der Waals surface area contributed by atoms with E-state index in [1.165, 1.54) is 17.0 Å². The number of benzene rings is 1. The third kappa shape index (κ3) is 3.98. The predicted octanol–water partition coefficient (Wildman–Crippen LogP) is 3.03. The maximum absolute atomic E-state index is 13.2. The standard InChI is InChI=1S/C25H28N4O4/c1-15-8-6-12-28-16(2)20(26-24(15)28)22(31)19-21(17-9-5-10-18(30)14-17)29(25(33)23(19)32)13-7-11-27(3)4/h5-6,8-10,12,14,21,30-31H,7,11,13H2,1-4H3. The number of pyridine rings is 1. The number of carbonyl (C=O) groups is 2. The topological polar surface area (TPSA) is 98.4 Å². The lowest BCUT2D eigenvalue weighted by Crippen LogP contribution is -2.32. The van der Waals surface area contributed by atoms with Gasteiger partial charge in [-0.3, -0.25) is 9.59 Å². The zero-order valence-electron chi connectivity index (χ0n) is 19.2. The fourth-order valence-corrected chi connectivity index (χ4v) is 4.38. The van der Waals surface area contributed by atoms with Gasteiger partial charge in [0.15, 0.2) is 5.76 Å². The number of Topliss-reactive ketones (excluding diaryl/α,β-unsaturated/α-hetero) is 1. The second-order valence-corrected chi connectivity index (χ2v) is 8.67. The molecular weight excluding hydrogens is 420 g/mol. The molecule has 1 aliphatic heterocycles. The van der Waals surface area contributed by atoms with Crippen LogP contribution in [0.3, 0.4) is 0 Å². The van der Waals surface area contributed by atoms with E-state index in [1.54, 1.807) is 12.1 Å². The summed E-state index contributed by atoms with van der Waals surface area (Å²) in [6.07, 6.45) is 2.50. The maximum atomic E-state index is 13.2. The van der Waals surface area contributed by atoms with E-state index in [4.69, 9.17) is 0 Å². The Balaban J connectivity index is 1.88. The highest BCUT2D eigenvalue weighted by Gasteiger charge is 2.46. The summed E-state index contributed by atoms with van der Waals surface area (Å²) in [6, 6.07) is 9.43. The average molecular weight is 449 g/mol. The molecule has 0 saturated carbocycles. The minimum atomic E-state index is -0.815. The third-order valence-corrected chi connectivity index (χ3v) is 6.04. The lowest BCUT2D eigenvalue weighted by atomic mass is 9.96. The summed E-state index contributed by atoms with van der Waals surface area (Å²) in [5.41, 5.74) is 3.07. The number of likely N-dealkylation sites (tertiary alicyclic amines) is 1. The Kier molecular flexibility index (Phi) is 5.95. The van der Waals surface area contributed by atoms with Crippen LogP contribution >= 0.6 is 0 Å². The monoisotopic (exact) mass is 448 g/mol. The van der Waals surface area contributed by atoms with Crippen molar-refractivity contribution in [1.29, 1.82) is 0 Å². The molecule has 1 amide bonds. The average Bonchev–Trinajstić information content (AvgIpc) is 3.23. The Morgan fingerprint density at radius 1 is 1.15 bits per heavy atom. The highest BCUT2D eigenvalue weighted by Crippen LogP contribution is 2.40. The van der Waals surface area contributed by atoms with E-state index in [1.807, 2.05) is 55.6 Å². The van der Waals surface area contributed by atoms with Crippen LogP contribution in [0.15, 0.2) is 48.2 Å². The smallest absolute Gasteiger partial charge is 0.295 e. The van der Waals surface area contributed by atoms with Crippen LogP contribution in [0, 0.1) is 13.8 Å². The molecule has 33 heavy (non-hydrogen) atoms. The number of aryl methyl sites for hydroxylation is 2. The lowest BCUT2D eigenvalue weighted by molar-refractivity contribution is -0.139. The van der Waals surface area contributed by atoms with Gasteiger partial charge in [-0.1, -0.05) is 18.2 Å². The number of phenolic OH excluding ortho intramolecular Hbond substituents is 1. The number of rotatable bonds is 6. The van der Waals surface area contributed by atoms with E-state index in [-0.39, 0.29) is 22.8 Å². The molecule has 1 aliphatic rings. The first-order chi connectivity index (χ1) is 15.7. The number of imidazole rings is 1. The predicted molar refractivity (Wildman–Crippen MR) is 125 cm³/mol. The number of nitrogens with zero attached hydrogens (tertiary/aromatic N) is 4. The maximum Gasteiger partial charge on any atom is 0.295 e. The van der Waals surface area contributed by atoms with Gasteiger partial charge in [0.25, 0.3) is 11.7 Å². The second-order valence-electron chi connectivity index (χ2n) is 8.67.